The van der Waals surface area contributed by atoms with Gasteiger partial charge < -0.3 is 10.1 Å². The maximum Gasteiger partial charge on any atom is 0.240 e. The highest BCUT2D eigenvalue weighted by molar-refractivity contribution is 6.36. The van der Waals surface area contributed by atoms with Gasteiger partial charge in [0.05, 0.1) is 5.02 Å². The van der Waals surface area contributed by atoms with Gasteiger partial charge in [0.15, 0.2) is 0 Å². The lowest BCUT2D eigenvalue weighted by molar-refractivity contribution is 0.464. The summed E-state index contributed by atoms with van der Waals surface area (Å²) < 4.78 is 5.70. The summed E-state index contributed by atoms with van der Waals surface area (Å²) in [5.74, 6) is 1.62. The zero-order valence-electron chi connectivity index (χ0n) is 11.4. The van der Waals surface area contributed by atoms with Crippen molar-refractivity contribution in [2.24, 2.45) is 0 Å². The van der Waals surface area contributed by atoms with E-state index in [-0.39, 0.29) is 0 Å². The summed E-state index contributed by atoms with van der Waals surface area (Å²) in [6.45, 7) is 4.88. The zero-order chi connectivity index (χ0) is 14.5. The maximum absolute atomic E-state index is 6.12. The molecule has 1 aromatic heterocycles. The van der Waals surface area contributed by atoms with Gasteiger partial charge in [0.1, 0.15) is 16.6 Å². The monoisotopic (exact) mass is 310 g/mol. The molecule has 0 saturated carbocycles. The SMILES string of the molecule is CCCNc1nc(Oc2ccc(C)cc2)c(Cl)cc1Cl. The Labute approximate surface area is 128 Å². The lowest BCUT2D eigenvalue weighted by Crippen LogP contribution is -2.03. The summed E-state index contributed by atoms with van der Waals surface area (Å²) >= 11 is 12.2. The molecular formula is C15H16Cl2N2O. The van der Waals surface area contributed by atoms with Gasteiger partial charge in [0, 0.05) is 6.54 Å². The van der Waals surface area contributed by atoms with Crippen LogP contribution in [0.15, 0.2) is 30.3 Å². The molecule has 0 unspecified atom stereocenters. The lowest BCUT2D eigenvalue weighted by atomic mass is 10.2. The fourth-order valence-electron chi connectivity index (χ4n) is 1.61. The quantitative estimate of drug-likeness (QED) is 0.812. The van der Waals surface area contributed by atoms with Gasteiger partial charge >= 0.3 is 0 Å². The Morgan fingerprint density at radius 3 is 2.50 bits per heavy atom. The summed E-state index contributed by atoms with van der Waals surface area (Å²) in [5.41, 5.74) is 1.16. The second kappa shape index (κ2) is 6.82. The molecule has 2 aromatic rings. The van der Waals surface area contributed by atoms with Crippen LogP contribution < -0.4 is 10.1 Å². The van der Waals surface area contributed by atoms with Crippen molar-refractivity contribution >= 4 is 29.0 Å². The number of nitrogens with one attached hydrogen (secondary N) is 1. The smallest absolute Gasteiger partial charge is 0.240 e. The van der Waals surface area contributed by atoms with Crippen LogP contribution in [0.5, 0.6) is 11.6 Å². The van der Waals surface area contributed by atoms with Crippen molar-refractivity contribution < 1.29 is 4.74 Å². The minimum Gasteiger partial charge on any atom is -0.437 e. The predicted octanol–water partition coefficient (Wildman–Crippen LogP) is 5.31. The van der Waals surface area contributed by atoms with Crippen molar-refractivity contribution in [1.29, 1.82) is 0 Å². The molecule has 0 aliphatic carbocycles. The fourth-order valence-corrected chi connectivity index (χ4v) is 2.07. The van der Waals surface area contributed by atoms with Crippen molar-refractivity contribution in [3.8, 4) is 11.6 Å². The summed E-state index contributed by atoms with van der Waals surface area (Å²) in [4.78, 5) is 4.33. The number of rotatable bonds is 5. The Morgan fingerprint density at radius 2 is 1.85 bits per heavy atom. The van der Waals surface area contributed by atoms with Crippen molar-refractivity contribution in [2.45, 2.75) is 20.3 Å². The van der Waals surface area contributed by atoms with Crippen LogP contribution >= 0.6 is 23.2 Å². The van der Waals surface area contributed by atoms with Crippen LogP contribution in [0.3, 0.4) is 0 Å². The number of aromatic nitrogens is 1. The van der Waals surface area contributed by atoms with Crippen LogP contribution in [0, 0.1) is 6.92 Å². The van der Waals surface area contributed by atoms with E-state index >= 15 is 0 Å². The molecule has 0 radical (unpaired) electrons. The molecule has 5 heteroatoms. The van der Waals surface area contributed by atoms with Gasteiger partial charge in [-0.2, -0.15) is 4.98 Å². The minimum absolute atomic E-state index is 0.346. The molecule has 0 aliphatic rings. The van der Waals surface area contributed by atoms with E-state index < -0.39 is 0 Å². The topological polar surface area (TPSA) is 34.2 Å². The van der Waals surface area contributed by atoms with E-state index in [1.807, 2.05) is 31.2 Å². The first kappa shape index (κ1) is 14.9. The van der Waals surface area contributed by atoms with Crippen LogP contribution in [0.1, 0.15) is 18.9 Å². The van der Waals surface area contributed by atoms with E-state index in [1.54, 1.807) is 6.07 Å². The van der Waals surface area contributed by atoms with Gasteiger partial charge in [-0.25, -0.2) is 0 Å². The molecule has 106 valence electrons. The van der Waals surface area contributed by atoms with Crippen molar-refractivity contribution in [1.82, 2.24) is 4.98 Å². The van der Waals surface area contributed by atoms with Crippen LogP contribution in [0.25, 0.3) is 0 Å². The number of benzene rings is 1. The third-order valence-electron chi connectivity index (χ3n) is 2.68. The van der Waals surface area contributed by atoms with E-state index in [1.165, 1.54) is 0 Å². The molecule has 0 amide bonds. The van der Waals surface area contributed by atoms with Gasteiger partial charge in [-0.05, 0) is 31.5 Å². The van der Waals surface area contributed by atoms with Gasteiger partial charge in [-0.15, -0.1) is 0 Å². The Bertz CT molecular complexity index is 585. The highest BCUT2D eigenvalue weighted by atomic mass is 35.5. The molecule has 1 N–H and O–H groups in total. The Hall–Kier alpha value is -1.45. The van der Waals surface area contributed by atoms with E-state index in [0.29, 0.717) is 27.5 Å². The fraction of sp³-hybridized carbons (Fsp3) is 0.267. The summed E-state index contributed by atoms with van der Waals surface area (Å²) in [6.07, 6.45) is 0.981. The number of anilines is 1. The number of halogens is 2. The zero-order valence-corrected chi connectivity index (χ0v) is 12.9. The predicted molar refractivity (Wildman–Crippen MR) is 84.3 cm³/mol. The van der Waals surface area contributed by atoms with E-state index in [0.717, 1.165) is 18.5 Å². The molecule has 2 rings (SSSR count). The molecule has 0 spiro atoms. The standard InChI is InChI=1S/C15H16Cl2N2O/c1-3-8-18-14-12(16)9-13(17)15(19-14)20-11-6-4-10(2)5-7-11/h4-7,9H,3,8H2,1-2H3,(H,18,19). The third kappa shape index (κ3) is 3.78. The number of hydrogen-bond acceptors (Lipinski definition) is 3. The molecule has 0 fully saturated rings. The third-order valence-corrected chi connectivity index (χ3v) is 3.23. The lowest BCUT2D eigenvalue weighted by Gasteiger charge is -2.11. The van der Waals surface area contributed by atoms with Gasteiger partial charge in [-0.1, -0.05) is 47.8 Å². The molecular weight excluding hydrogens is 295 g/mol. The van der Waals surface area contributed by atoms with Gasteiger partial charge in [-0.3, -0.25) is 0 Å². The van der Waals surface area contributed by atoms with Crippen LogP contribution in [-0.2, 0) is 0 Å². The number of aryl methyl sites for hydroxylation is 1. The second-order valence-corrected chi connectivity index (χ2v) is 5.26. The Morgan fingerprint density at radius 1 is 1.15 bits per heavy atom. The molecule has 0 saturated heterocycles. The molecule has 3 nitrogen and oxygen atoms in total. The molecule has 0 aliphatic heterocycles. The summed E-state index contributed by atoms with van der Waals surface area (Å²) in [5, 5.41) is 4.02. The molecule has 20 heavy (non-hydrogen) atoms. The van der Waals surface area contributed by atoms with E-state index in [4.69, 9.17) is 27.9 Å². The van der Waals surface area contributed by atoms with Crippen LogP contribution in [0.4, 0.5) is 5.82 Å². The first-order chi connectivity index (χ1) is 9.60. The van der Waals surface area contributed by atoms with E-state index in [2.05, 4.69) is 17.2 Å². The molecule has 1 heterocycles. The largest absolute Gasteiger partial charge is 0.437 e. The van der Waals surface area contributed by atoms with E-state index in [9.17, 15) is 0 Å². The normalized spacial score (nSPS) is 10.4. The average molecular weight is 311 g/mol. The Kier molecular flexibility index (Phi) is 5.10. The highest BCUT2D eigenvalue weighted by Crippen LogP contribution is 2.33. The number of pyridine rings is 1. The minimum atomic E-state index is 0.346. The average Bonchev–Trinajstić information content (AvgIpc) is 2.43. The second-order valence-electron chi connectivity index (χ2n) is 4.45. The first-order valence-electron chi connectivity index (χ1n) is 6.44. The molecule has 0 atom stereocenters. The van der Waals surface area contributed by atoms with Crippen LogP contribution in [0.2, 0.25) is 10.0 Å². The Balaban J connectivity index is 2.24. The van der Waals surface area contributed by atoms with Gasteiger partial charge in [0.2, 0.25) is 5.88 Å². The van der Waals surface area contributed by atoms with Crippen molar-refractivity contribution in [2.75, 3.05) is 11.9 Å². The number of nitrogens with zero attached hydrogens (tertiary/aromatic N) is 1. The van der Waals surface area contributed by atoms with Crippen LogP contribution in [-0.4, -0.2) is 11.5 Å². The van der Waals surface area contributed by atoms with Crippen molar-refractivity contribution in [3.05, 3.63) is 45.9 Å². The summed E-state index contributed by atoms with van der Waals surface area (Å²) in [6, 6.07) is 9.32. The molecule has 1 aromatic carbocycles. The summed E-state index contributed by atoms with van der Waals surface area (Å²) in [7, 11) is 0. The highest BCUT2D eigenvalue weighted by Gasteiger charge is 2.11. The van der Waals surface area contributed by atoms with Crippen molar-refractivity contribution in [3.63, 3.8) is 0 Å². The maximum atomic E-state index is 6.12. The molecule has 0 bridgehead atoms. The first-order valence-corrected chi connectivity index (χ1v) is 7.20. The van der Waals surface area contributed by atoms with Gasteiger partial charge in [0.25, 0.3) is 0 Å². The number of hydrogen-bond donors (Lipinski definition) is 1. The number of ether oxygens (including phenoxy) is 1.